The number of carbonyl (C=O) groups excluding carboxylic acids is 2. The lowest BCUT2D eigenvalue weighted by molar-refractivity contribution is -0.156. The van der Waals surface area contributed by atoms with Gasteiger partial charge in [0, 0.05) is 6.04 Å². The summed E-state index contributed by atoms with van der Waals surface area (Å²) >= 11 is 0. The van der Waals surface area contributed by atoms with Gasteiger partial charge in [-0.2, -0.15) is 4.72 Å². The molecule has 1 saturated carbocycles. The van der Waals surface area contributed by atoms with E-state index in [2.05, 4.69) is 5.32 Å². The van der Waals surface area contributed by atoms with E-state index in [9.17, 15) is 22.4 Å². The fourth-order valence-electron chi connectivity index (χ4n) is 1.88. The topological polar surface area (TPSA) is 102 Å². The summed E-state index contributed by atoms with van der Waals surface area (Å²) in [7, 11) is -4.23. The minimum atomic E-state index is -4.23. The lowest BCUT2D eigenvalue weighted by atomic mass is 10.3. The third-order valence-electron chi connectivity index (χ3n) is 3.40. The molecule has 0 heterocycles. The molecule has 0 unspecified atom stereocenters. The normalized spacial score (nSPS) is 17.0. The van der Waals surface area contributed by atoms with Crippen LogP contribution in [-0.4, -0.2) is 38.5 Å². The molecule has 7 nitrogen and oxygen atoms in total. The Labute approximate surface area is 139 Å². The molecule has 0 bridgehead atoms. The summed E-state index contributed by atoms with van der Waals surface area (Å²) in [5.41, 5.74) is 0. The van der Waals surface area contributed by atoms with Crippen LogP contribution < -0.4 is 10.0 Å². The number of hydrogen-bond donors (Lipinski definition) is 2. The first-order valence-electron chi connectivity index (χ1n) is 7.48. The van der Waals surface area contributed by atoms with Gasteiger partial charge in [-0.25, -0.2) is 12.8 Å². The van der Waals surface area contributed by atoms with Crippen molar-refractivity contribution in [3.8, 4) is 0 Å². The van der Waals surface area contributed by atoms with E-state index in [0.717, 1.165) is 25.0 Å². The largest absolute Gasteiger partial charge is 0.451 e. The van der Waals surface area contributed by atoms with Crippen LogP contribution in [0.3, 0.4) is 0 Å². The minimum absolute atomic E-state index is 0.121. The zero-order valence-corrected chi connectivity index (χ0v) is 14.1. The molecular weight excluding hydrogens is 339 g/mol. The van der Waals surface area contributed by atoms with Gasteiger partial charge in [0.25, 0.3) is 5.91 Å². The van der Waals surface area contributed by atoms with Crippen molar-refractivity contribution in [1.29, 1.82) is 0 Å². The van der Waals surface area contributed by atoms with Gasteiger partial charge in [-0.1, -0.05) is 12.1 Å². The van der Waals surface area contributed by atoms with Crippen molar-refractivity contribution in [3.05, 3.63) is 30.1 Å². The van der Waals surface area contributed by atoms with Crippen LogP contribution in [0.1, 0.15) is 26.7 Å². The molecule has 1 aliphatic carbocycles. The Balaban J connectivity index is 1.95. The monoisotopic (exact) mass is 358 g/mol. The summed E-state index contributed by atoms with van der Waals surface area (Å²) in [5, 5.41) is 2.68. The van der Waals surface area contributed by atoms with Crippen LogP contribution in [0.4, 0.5) is 4.39 Å². The van der Waals surface area contributed by atoms with E-state index in [0.29, 0.717) is 0 Å². The summed E-state index contributed by atoms with van der Waals surface area (Å²) in [4.78, 5) is 23.1. The number of amides is 1. The second kappa shape index (κ2) is 7.27. The predicted molar refractivity (Wildman–Crippen MR) is 82.9 cm³/mol. The maximum atomic E-state index is 13.6. The van der Waals surface area contributed by atoms with Crippen LogP contribution in [0.25, 0.3) is 0 Å². The van der Waals surface area contributed by atoms with Crippen molar-refractivity contribution in [2.24, 2.45) is 0 Å². The zero-order chi connectivity index (χ0) is 17.9. The summed E-state index contributed by atoms with van der Waals surface area (Å²) in [5.74, 6) is -2.29. The van der Waals surface area contributed by atoms with E-state index in [-0.39, 0.29) is 6.04 Å². The molecule has 0 radical (unpaired) electrons. The van der Waals surface area contributed by atoms with Crippen molar-refractivity contribution in [2.75, 3.05) is 0 Å². The highest BCUT2D eigenvalue weighted by Crippen LogP contribution is 2.19. The first-order chi connectivity index (χ1) is 11.2. The van der Waals surface area contributed by atoms with Crippen molar-refractivity contribution < 1.29 is 27.1 Å². The predicted octanol–water partition coefficient (Wildman–Crippen LogP) is 0.703. The Hall–Kier alpha value is -2.00. The number of benzene rings is 1. The highest BCUT2D eigenvalue weighted by Gasteiger charge is 2.30. The van der Waals surface area contributed by atoms with E-state index in [1.807, 2.05) is 4.72 Å². The molecule has 132 valence electrons. The highest BCUT2D eigenvalue weighted by atomic mass is 32.2. The fourth-order valence-corrected chi connectivity index (χ4v) is 3.15. The lowest BCUT2D eigenvalue weighted by Crippen LogP contribution is -2.44. The van der Waals surface area contributed by atoms with Gasteiger partial charge in [0.05, 0.1) is 0 Å². The molecule has 1 amide bonds. The average molecular weight is 358 g/mol. The third-order valence-corrected chi connectivity index (χ3v) is 4.97. The number of rotatable bonds is 7. The van der Waals surface area contributed by atoms with Gasteiger partial charge in [-0.05, 0) is 38.8 Å². The Kier molecular flexibility index (Phi) is 5.55. The maximum absolute atomic E-state index is 13.6. The maximum Gasteiger partial charge on any atom is 0.324 e. The number of esters is 1. The standard InChI is InChI=1S/C15H19FN2O5S/c1-9(15(20)23-10(2)14(19)17-11-7-8-11)18-24(21,22)13-6-4-3-5-12(13)16/h3-6,9-11,18H,7-8H2,1-2H3,(H,17,19)/t9-,10-/m0/s1. The summed E-state index contributed by atoms with van der Waals surface area (Å²) in [6.45, 7) is 2.65. The van der Waals surface area contributed by atoms with Gasteiger partial charge >= 0.3 is 5.97 Å². The summed E-state index contributed by atoms with van der Waals surface area (Å²) < 4.78 is 44.8. The fraction of sp³-hybridized carbons (Fsp3) is 0.467. The first-order valence-corrected chi connectivity index (χ1v) is 8.97. The highest BCUT2D eigenvalue weighted by molar-refractivity contribution is 7.89. The molecular formula is C15H19FN2O5S. The number of carbonyl (C=O) groups is 2. The quantitative estimate of drug-likeness (QED) is 0.699. The van der Waals surface area contributed by atoms with Crippen molar-refractivity contribution >= 4 is 21.9 Å². The number of sulfonamides is 1. The number of ether oxygens (including phenoxy) is 1. The SMILES string of the molecule is C[C@H](NS(=O)(=O)c1ccccc1F)C(=O)O[C@@H](C)C(=O)NC1CC1. The molecule has 9 heteroatoms. The Morgan fingerprint density at radius 2 is 1.88 bits per heavy atom. The van der Waals surface area contributed by atoms with E-state index >= 15 is 0 Å². The lowest BCUT2D eigenvalue weighted by Gasteiger charge is -2.17. The molecule has 0 aliphatic heterocycles. The van der Waals surface area contributed by atoms with Crippen LogP contribution in [-0.2, 0) is 24.3 Å². The van der Waals surface area contributed by atoms with E-state index in [1.165, 1.54) is 26.0 Å². The number of nitrogens with one attached hydrogen (secondary N) is 2. The van der Waals surface area contributed by atoms with Gasteiger partial charge in [-0.15, -0.1) is 0 Å². The molecule has 24 heavy (non-hydrogen) atoms. The zero-order valence-electron chi connectivity index (χ0n) is 13.3. The van der Waals surface area contributed by atoms with Crippen LogP contribution >= 0.6 is 0 Å². The molecule has 1 fully saturated rings. The molecule has 2 rings (SSSR count). The molecule has 1 aromatic rings. The van der Waals surface area contributed by atoms with Gasteiger partial charge in [0.15, 0.2) is 6.10 Å². The van der Waals surface area contributed by atoms with Crippen LogP contribution in [0.5, 0.6) is 0 Å². The van der Waals surface area contributed by atoms with Crippen molar-refractivity contribution in [3.63, 3.8) is 0 Å². The van der Waals surface area contributed by atoms with Crippen molar-refractivity contribution in [2.45, 2.75) is 49.8 Å². The van der Waals surface area contributed by atoms with Crippen LogP contribution in [0, 0.1) is 5.82 Å². The molecule has 1 aliphatic rings. The molecule has 1 aromatic carbocycles. The Morgan fingerprint density at radius 1 is 1.25 bits per heavy atom. The Morgan fingerprint density at radius 3 is 2.46 bits per heavy atom. The number of halogens is 1. The van der Waals surface area contributed by atoms with Gasteiger partial charge in [0.1, 0.15) is 16.8 Å². The van der Waals surface area contributed by atoms with Gasteiger partial charge in [0.2, 0.25) is 10.0 Å². The van der Waals surface area contributed by atoms with Crippen LogP contribution in [0.15, 0.2) is 29.2 Å². The third kappa shape index (κ3) is 4.75. The Bertz CT molecular complexity index is 733. The molecule has 2 N–H and O–H groups in total. The molecule has 0 saturated heterocycles. The van der Waals surface area contributed by atoms with Crippen LogP contribution in [0.2, 0.25) is 0 Å². The molecule has 0 spiro atoms. The number of hydrogen-bond acceptors (Lipinski definition) is 5. The minimum Gasteiger partial charge on any atom is -0.451 e. The van der Waals surface area contributed by atoms with Gasteiger partial charge in [-0.3, -0.25) is 9.59 Å². The first kappa shape index (κ1) is 18.3. The molecule has 0 aromatic heterocycles. The molecule has 2 atom stereocenters. The average Bonchev–Trinajstić information content (AvgIpc) is 3.30. The van der Waals surface area contributed by atoms with E-state index in [4.69, 9.17) is 4.74 Å². The summed E-state index contributed by atoms with van der Waals surface area (Å²) in [6.07, 6.45) is 0.745. The smallest absolute Gasteiger partial charge is 0.324 e. The van der Waals surface area contributed by atoms with Gasteiger partial charge < -0.3 is 10.1 Å². The van der Waals surface area contributed by atoms with E-state index in [1.54, 1.807) is 0 Å². The second-order valence-electron chi connectivity index (χ2n) is 5.64. The van der Waals surface area contributed by atoms with Crippen molar-refractivity contribution in [1.82, 2.24) is 10.0 Å². The van der Waals surface area contributed by atoms with E-state index < -0.39 is 44.8 Å². The summed E-state index contributed by atoms with van der Waals surface area (Å²) in [6, 6.07) is 3.65. The second-order valence-corrected chi connectivity index (χ2v) is 7.32.